The molecule has 1 amide bonds. The molecule has 0 aliphatic heterocycles. The SMILES string of the molecule is CCOc1cc(CNC(=O)Cn2c(=O)c(=O)n(CC)c3ccccc32)ccc1OC. The minimum absolute atomic E-state index is 0.242. The molecule has 30 heavy (non-hydrogen) atoms. The fourth-order valence-corrected chi connectivity index (χ4v) is 3.34. The summed E-state index contributed by atoms with van der Waals surface area (Å²) in [5.41, 5.74) is 0.636. The number of fused-ring (bicyclic) bond motifs is 1. The Morgan fingerprint density at radius 2 is 1.63 bits per heavy atom. The first kappa shape index (κ1) is 21.2. The third kappa shape index (κ3) is 4.22. The third-order valence-electron chi connectivity index (χ3n) is 4.77. The van der Waals surface area contributed by atoms with Gasteiger partial charge < -0.3 is 19.4 Å². The van der Waals surface area contributed by atoms with E-state index in [1.165, 1.54) is 9.13 Å². The highest BCUT2D eigenvalue weighted by Crippen LogP contribution is 2.27. The minimum atomic E-state index is -0.714. The number of aromatic nitrogens is 2. The average molecular weight is 411 g/mol. The number of carbonyl (C=O) groups is 1. The van der Waals surface area contributed by atoms with Crippen molar-refractivity contribution in [3.8, 4) is 11.5 Å². The number of hydrogen-bond donors (Lipinski definition) is 1. The monoisotopic (exact) mass is 411 g/mol. The fourth-order valence-electron chi connectivity index (χ4n) is 3.34. The van der Waals surface area contributed by atoms with Crippen LogP contribution in [0.15, 0.2) is 52.1 Å². The number of rotatable bonds is 8. The lowest BCUT2D eigenvalue weighted by Gasteiger charge is -2.14. The molecular formula is C22H25N3O5. The molecule has 8 nitrogen and oxygen atoms in total. The molecule has 0 atom stereocenters. The van der Waals surface area contributed by atoms with Gasteiger partial charge in [-0.1, -0.05) is 18.2 Å². The summed E-state index contributed by atoms with van der Waals surface area (Å²) in [6.07, 6.45) is 0. The highest BCUT2D eigenvalue weighted by Gasteiger charge is 2.14. The molecule has 2 aromatic carbocycles. The van der Waals surface area contributed by atoms with E-state index in [4.69, 9.17) is 9.47 Å². The minimum Gasteiger partial charge on any atom is -0.493 e. The summed E-state index contributed by atoms with van der Waals surface area (Å²) < 4.78 is 13.4. The topological polar surface area (TPSA) is 91.6 Å². The molecule has 1 aromatic heterocycles. The fraction of sp³-hybridized carbons (Fsp3) is 0.318. The number of para-hydroxylation sites is 2. The standard InChI is InChI=1S/C22H25N3O5/c1-4-24-16-8-6-7-9-17(16)25(22(28)21(24)27)14-20(26)23-13-15-10-11-18(29-3)19(12-15)30-5-2/h6-12H,4-5,13-14H2,1-3H3,(H,23,26). The summed E-state index contributed by atoms with van der Waals surface area (Å²) in [5, 5.41) is 2.79. The van der Waals surface area contributed by atoms with Crippen LogP contribution in [0.1, 0.15) is 19.4 Å². The molecule has 0 aliphatic carbocycles. The Balaban J connectivity index is 1.82. The number of ether oxygens (including phenoxy) is 2. The van der Waals surface area contributed by atoms with Crippen molar-refractivity contribution >= 4 is 16.9 Å². The molecule has 8 heteroatoms. The summed E-state index contributed by atoms with van der Waals surface area (Å²) in [4.78, 5) is 37.6. The predicted molar refractivity (Wildman–Crippen MR) is 114 cm³/mol. The van der Waals surface area contributed by atoms with Crippen molar-refractivity contribution in [2.45, 2.75) is 33.5 Å². The van der Waals surface area contributed by atoms with Crippen molar-refractivity contribution < 1.29 is 14.3 Å². The number of benzene rings is 2. The molecule has 1 heterocycles. The van der Waals surface area contributed by atoms with Gasteiger partial charge in [0.1, 0.15) is 6.54 Å². The van der Waals surface area contributed by atoms with Gasteiger partial charge in [-0.15, -0.1) is 0 Å². The lowest BCUT2D eigenvalue weighted by molar-refractivity contribution is -0.121. The number of carbonyl (C=O) groups excluding carboxylic acids is 1. The van der Waals surface area contributed by atoms with Crippen molar-refractivity contribution in [3.05, 3.63) is 68.7 Å². The van der Waals surface area contributed by atoms with E-state index in [0.717, 1.165) is 5.56 Å². The maximum Gasteiger partial charge on any atom is 0.317 e. The number of methoxy groups -OCH3 is 1. The summed E-state index contributed by atoms with van der Waals surface area (Å²) in [7, 11) is 1.56. The van der Waals surface area contributed by atoms with Gasteiger partial charge in [0.15, 0.2) is 11.5 Å². The van der Waals surface area contributed by atoms with Crippen LogP contribution in [0.2, 0.25) is 0 Å². The van der Waals surface area contributed by atoms with Gasteiger partial charge in [-0.2, -0.15) is 0 Å². The molecule has 0 fully saturated rings. The molecular weight excluding hydrogens is 386 g/mol. The molecule has 0 spiro atoms. The van der Waals surface area contributed by atoms with E-state index < -0.39 is 11.1 Å². The molecule has 3 rings (SSSR count). The van der Waals surface area contributed by atoms with Crippen LogP contribution >= 0.6 is 0 Å². The quantitative estimate of drug-likeness (QED) is 0.572. The van der Waals surface area contributed by atoms with Crippen molar-refractivity contribution in [3.63, 3.8) is 0 Å². The zero-order chi connectivity index (χ0) is 21.7. The van der Waals surface area contributed by atoms with Gasteiger partial charge in [0.25, 0.3) is 0 Å². The van der Waals surface area contributed by atoms with Crippen molar-refractivity contribution in [2.24, 2.45) is 0 Å². The number of nitrogens with one attached hydrogen (secondary N) is 1. The van der Waals surface area contributed by atoms with Crippen LogP contribution in [0.4, 0.5) is 0 Å². The molecule has 0 aliphatic rings. The normalized spacial score (nSPS) is 10.8. The van der Waals surface area contributed by atoms with Crippen LogP contribution in [0, 0.1) is 0 Å². The van der Waals surface area contributed by atoms with Crippen LogP contribution in [0.5, 0.6) is 11.5 Å². The zero-order valence-corrected chi connectivity index (χ0v) is 17.3. The van der Waals surface area contributed by atoms with E-state index >= 15 is 0 Å². The smallest absolute Gasteiger partial charge is 0.317 e. The van der Waals surface area contributed by atoms with Gasteiger partial charge in [0, 0.05) is 13.1 Å². The van der Waals surface area contributed by atoms with Crippen molar-refractivity contribution in [1.82, 2.24) is 14.5 Å². The maximum atomic E-state index is 12.6. The van der Waals surface area contributed by atoms with Gasteiger partial charge in [-0.25, -0.2) is 0 Å². The second kappa shape index (κ2) is 9.30. The number of amides is 1. The summed E-state index contributed by atoms with van der Waals surface area (Å²) in [5.74, 6) is 0.836. The Kier molecular flexibility index (Phi) is 6.56. The lowest BCUT2D eigenvalue weighted by Crippen LogP contribution is -2.43. The first-order valence-electron chi connectivity index (χ1n) is 9.78. The van der Waals surface area contributed by atoms with E-state index in [-0.39, 0.29) is 19.0 Å². The van der Waals surface area contributed by atoms with E-state index in [2.05, 4.69) is 5.32 Å². The molecule has 0 unspecified atom stereocenters. The summed E-state index contributed by atoms with van der Waals surface area (Å²) >= 11 is 0. The second-order valence-electron chi connectivity index (χ2n) is 6.62. The van der Waals surface area contributed by atoms with Crippen LogP contribution in [-0.2, 0) is 24.4 Å². The van der Waals surface area contributed by atoms with E-state index in [1.807, 2.05) is 13.0 Å². The zero-order valence-electron chi connectivity index (χ0n) is 17.3. The van der Waals surface area contributed by atoms with Gasteiger partial charge in [-0.05, 0) is 43.7 Å². The van der Waals surface area contributed by atoms with Crippen molar-refractivity contribution in [1.29, 1.82) is 0 Å². The molecule has 1 N–H and O–H groups in total. The highest BCUT2D eigenvalue weighted by atomic mass is 16.5. The number of hydrogen-bond acceptors (Lipinski definition) is 5. The molecule has 3 aromatic rings. The second-order valence-corrected chi connectivity index (χ2v) is 6.62. The van der Waals surface area contributed by atoms with Crippen LogP contribution < -0.4 is 25.9 Å². The molecule has 0 saturated heterocycles. The largest absolute Gasteiger partial charge is 0.493 e. The first-order chi connectivity index (χ1) is 14.5. The number of aryl methyl sites for hydroxylation is 1. The van der Waals surface area contributed by atoms with Crippen LogP contribution in [0.25, 0.3) is 11.0 Å². The van der Waals surface area contributed by atoms with E-state index in [1.54, 1.807) is 50.4 Å². The van der Waals surface area contributed by atoms with Crippen LogP contribution in [0.3, 0.4) is 0 Å². The molecule has 0 radical (unpaired) electrons. The highest BCUT2D eigenvalue weighted by molar-refractivity contribution is 5.80. The molecule has 158 valence electrons. The molecule has 0 saturated carbocycles. The molecule has 0 bridgehead atoms. The number of nitrogens with zero attached hydrogens (tertiary/aromatic N) is 2. The van der Waals surface area contributed by atoms with E-state index in [0.29, 0.717) is 35.7 Å². The Labute approximate surface area is 173 Å². The predicted octanol–water partition coefficient (Wildman–Crippen LogP) is 1.91. The lowest BCUT2D eigenvalue weighted by atomic mass is 10.2. The Morgan fingerprint density at radius 3 is 2.27 bits per heavy atom. The average Bonchev–Trinajstić information content (AvgIpc) is 2.76. The maximum absolute atomic E-state index is 12.6. The summed E-state index contributed by atoms with van der Waals surface area (Å²) in [6.45, 7) is 4.56. The Bertz CT molecular complexity index is 1180. The van der Waals surface area contributed by atoms with Crippen LogP contribution in [-0.4, -0.2) is 28.8 Å². The summed E-state index contributed by atoms with van der Waals surface area (Å²) in [6, 6.07) is 12.5. The van der Waals surface area contributed by atoms with Gasteiger partial charge in [0.2, 0.25) is 5.91 Å². The van der Waals surface area contributed by atoms with Gasteiger partial charge in [-0.3, -0.25) is 19.0 Å². The Morgan fingerprint density at radius 1 is 0.967 bits per heavy atom. The first-order valence-corrected chi connectivity index (χ1v) is 9.78. The van der Waals surface area contributed by atoms with Crippen molar-refractivity contribution in [2.75, 3.05) is 13.7 Å². The van der Waals surface area contributed by atoms with Gasteiger partial charge in [0.05, 0.1) is 24.8 Å². The van der Waals surface area contributed by atoms with E-state index in [9.17, 15) is 14.4 Å². The Hall–Kier alpha value is -3.55. The van der Waals surface area contributed by atoms with Gasteiger partial charge >= 0.3 is 11.1 Å². The third-order valence-corrected chi connectivity index (χ3v) is 4.77.